The summed E-state index contributed by atoms with van der Waals surface area (Å²) < 4.78 is 0. The Labute approximate surface area is 143 Å². The van der Waals surface area contributed by atoms with E-state index in [0.717, 1.165) is 24.2 Å². The quantitative estimate of drug-likeness (QED) is 0.919. The largest absolute Gasteiger partial charge is 0.335 e. The van der Waals surface area contributed by atoms with E-state index < -0.39 is 0 Å². The highest BCUT2D eigenvalue weighted by molar-refractivity contribution is 5.94. The van der Waals surface area contributed by atoms with E-state index in [1.54, 1.807) is 12.4 Å². The molecule has 1 atom stereocenters. The third-order valence-corrected chi connectivity index (χ3v) is 4.72. The number of hydrogen-bond donors (Lipinski definition) is 1. The van der Waals surface area contributed by atoms with Crippen molar-refractivity contribution in [2.45, 2.75) is 32.2 Å². The third kappa shape index (κ3) is 4.01. The normalized spacial score (nSPS) is 17.5. The maximum Gasteiger partial charge on any atom is 0.254 e. The molecule has 1 aliphatic rings. The predicted molar refractivity (Wildman–Crippen MR) is 95.9 cm³/mol. The second-order valence-corrected chi connectivity index (χ2v) is 6.34. The summed E-state index contributed by atoms with van der Waals surface area (Å²) in [5.41, 5.74) is 3.19. The van der Waals surface area contributed by atoms with Crippen LogP contribution >= 0.6 is 0 Å². The zero-order valence-corrected chi connectivity index (χ0v) is 14.2. The molecule has 0 bridgehead atoms. The molecule has 1 N–H and O–H groups in total. The maximum absolute atomic E-state index is 12.8. The summed E-state index contributed by atoms with van der Waals surface area (Å²) in [5, 5.41) is 3.45. The molecule has 2 heterocycles. The molecule has 3 rings (SSSR count). The number of pyridine rings is 1. The number of carbonyl (C=O) groups is 1. The number of piperidine rings is 1. The predicted octanol–water partition coefficient (Wildman–Crippen LogP) is 3.21. The van der Waals surface area contributed by atoms with Crippen molar-refractivity contribution in [1.29, 1.82) is 0 Å². The highest BCUT2D eigenvalue weighted by atomic mass is 16.2. The van der Waals surface area contributed by atoms with Crippen molar-refractivity contribution in [3.63, 3.8) is 0 Å². The number of rotatable bonds is 5. The minimum atomic E-state index is 0.0858. The molecule has 1 saturated heterocycles. The van der Waals surface area contributed by atoms with Crippen LogP contribution in [-0.2, 0) is 6.54 Å². The van der Waals surface area contributed by atoms with Gasteiger partial charge in [-0.05, 0) is 67.6 Å². The first-order valence-electron chi connectivity index (χ1n) is 8.76. The van der Waals surface area contributed by atoms with Crippen LogP contribution in [-0.4, -0.2) is 35.4 Å². The SMILES string of the molecule is CCN(Cc1ccncc1)C(=O)c1ccc([C@H]2CCCNC2)cc1. The van der Waals surface area contributed by atoms with Crippen molar-refractivity contribution in [1.82, 2.24) is 15.2 Å². The van der Waals surface area contributed by atoms with Gasteiger partial charge in [0.2, 0.25) is 0 Å². The molecular weight excluding hydrogens is 298 g/mol. The van der Waals surface area contributed by atoms with Gasteiger partial charge in [-0.15, -0.1) is 0 Å². The van der Waals surface area contributed by atoms with Crippen LogP contribution in [0, 0.1) is 0 Å². The molecule has 126 valence electrons. The van der Waals surface area contributed by atoms with Gasteiger partial charge in [0.15, 0.2) is 0 Å². The lowest BCUT2D eigenvalue weighted by molar-refractivity contribution is 0.0752. The first-order chi connectivity index (χ1) is 11.8. The number of nitrogens with zero attached hydrogens (tertiary/aromatic N) is 2. The number of hydrogen-bond acceptors (Lipinski definition) is 3. The van der Waals surface area contributed by atoms with Gasteiger partial charge in [-0.2, -0.15) is 0 Å². The Kier molecular flexibility index (Phi) is 5.59. The average Bonchev–Trinajstić information content (AvgIpc) is 2.67. The van der Waals surface area contributed by atoms with E-state index in [1.807, 2.05) is 36.1 Å². The highest BCUT2D eigenvalue weighted by Gasteiger charge is 2.17. The van der Waals surface area contributed by atoms with Gasteiger partial charge in [-0.1, -0.05) is 12.1 Å². The number of amides is 1. The standard InChI is InChI=1S/C20H25N3O/c1-2-23(15-16-9-12-21-13-10-16)20(24)18-7-5-17(6-8-18)19-4-3-11-22-14-19/h5-10,12-13,19,22H,2-4,11,14-15H2,1H3/t19-/m0/s1. The number of aromatic nitrogens is 1. The topological polar surface area (TPSA) is 45.2 Å². The van der Waals surface area contributed by atoms with Crippen molar-refractivity contribution in [2.24, 2.45) is 0 Å². The van der Waals surface area contributed by atoms with Crippen LogP contribution in [0.3, 0.4) is 0 Å². The summed E-state index contributed by atoms with van der Waals surface area (Å²) in [6.07, 6.45) is 5.98. The van der Waals surface area contributed by atoms with Crippen molar-refractivity contribution in [3.8, 4) is 0 Å². The van der Waals surface area contributed by atoms with E-state index in [1.165, 1.54) is 18.4 Å². The first kappa shape index (κ1) is 16.7. The average molecular weight is 323 g/mol. The number of benzene rings is 1. The summed E-state index contributed by atoms with van der Waals surface area (Å²) in [6, 6.07) is 12.1. The Balaban J connectivity index is 1.68. The smallest absolute Gasteiger partial charge is 0.254 e. The van der Waals surface area contributed by atoms with Crippen LogP contribution in [0.1, 0.15) is 47.2 Å². The van der Waals surface area contributed by atoms with Gasteiger partial charge < -0.3 is 10.2 Å². The maximum atomic E-state index is 12.8. The Morgan fingerprint density at radius 3 is 2.58 bits per heavy atom. The van der Waals surface area contributed by atoms with Crippen molar-refractivity contribution < 1.29 is 4.79 Å². The van der Waals surface area contributed by atoms with E-state index >= 15 is 0 Å². The van der Waals surface area contributed by atoms with Crippen molar-refractivity contribution in [2.75, 3.05) is 19.6 Å². The molecule has 1 aromatic carbocycles. The third-order valence-electron chi connectivity index (χ3n) is 4.72. The van der Waals surface area contributed by atoms with Gasteiger partial charge in [-0.3, -0.25) is 9.78 Å². The minimum Gasteiger partial charge on any atom is -0.335 e. The number of nitrogens with one attached hydrogen (secondary N) is 1. The molecule has 0 spiro atoms. The zero-order valence-electron chi connectivity index (χ0n) is 14.2. The second kappa shape index (κ2) is 8.06. The van der Waals surface area contributed by atoms with E-state index in [0.29, 0.717) is 19.0 Å². The second-order valence-electron chi connectivity index (χ2n) is 6.34. The molecule has 4 nitrogen and oxygen atoms in total. The molecule has 24 heavy (non-hydrogen) atoms. The zero-order chi connectivity index (χ0) is 16.8. The Morgan fingerprint density at radius 1 is 1.21 bits per heavy atom. The summed E-state index contributed by atoms with van der Waals surface area (Å²) >= 11 is 0. The molecule has 0 radical (unpaired) electrons. The monoisotopic (exact) mass is 323 g/mol. The molecular formula is C20H25N3O. The van der Waals surface area contributed by atoms with E-state index in [-0.39, 0.29) is 5.91 Å². The summed E-state index contributed by atoms with van der Waals surface area (Å²) in [5.74, 6) is 0.657. The molecule has 0 aliphatic carbocycles. The van der Waals surface area contributed by atoms with Crippen LogP contribution in [0.4, 0.5) is 0 Å². The molecule has 1 aliphatic heterocycles. The van der Waals surface area contributed by atoms with Crippen LogP contribution in [0.15, 0.2) is 48.8 Å². The van der Waals surface area contributed by atoms with E-state index in [4.69, 9.17) is 0 Å². The molecule has 1 aromatic heterocycles. The van der Waals surface area contributed by atoms with Crippen molar-refractivity contribution >= 4 is 5.91 Å². The van der Waals surface area contributed by atoms with E-state index in [2.05, 4.69) is 22.4 Å². The Bertz CT molecular complexity index is 648. The fraction of sp³-hybridized carbons (Fsp3) is 0.400. The van der Waals surface area contributed by atoms with Gasteiger partial charge >= 0.3 is 0 Å². The van der Waals surface area contributed by atoms with Gasteiger partial charge in [0.25, 0.3) is 5.91 Å². The molecule has 4 heteroatoms. The van der Waals surface area contributed by atoms with Gasteiger partial charge in [0.05, 0.1) is 0 Å². The summed E-state index contributed by atoms with van der Waals surface area (Å²) in [6.45, 7) is 5.48. The Morgan fingerprint density at radius 2 is 1.96 bits per heavy atom. The van der Waals surface area contributed by atoms with Crippen LogP contribution < -0.4 is 5.32 Å². The Hall–Kier alpha value is -2.20. The van der Waals surface area contributed by atoms with Crippen LogP contribution in [0.5, 0.6) is 0 Å². The molecule has 1 amide bonds. The molecule has 2 aromatic rings. The lowest BCUT2D eigenvalue weighted by atomic mass is 9.91. The molecule has 1 fully saturated rings. The van der Waals surface area contributed by atoms with Gasteiger partial charge in [-0.25, -0.2) is 0 Å². The summed E-state index contributed by atoms with van der Waals surface area (Å²) in [7, 11) is 0. The lowest BCUT2D eigenvalue weighted by Gasteiger charge is -2.24. The number of carbonyl (C=O) groups excluding carboxylic acids is 1. The van der Waals surface area contributed by atoms with Gasteiger partial charge in [0.1, 0.15) is 0 Å². The molecule has 0 saturated carbocycles. The van der Waals surface area contributed by atoms with Crippen LogP contribution in [0.2, 0.25) is 0 Å². The summed E-state index contributed by atoms with van der Waals surface area (Å²) in [4.78, 5) is 18.7. The molecule has 0 unspecified atom stereocenters. The highest BCUT2D eigenvalue weighted by Crippen LogP contribution is 2.23. The van der Waals surface area contributed by atoms with Crippen molar-refractivity contribution in [3.05, 3.63) is 65.5 Å². The first-order valence-corrected chi connectivity index (χ1v) is 8.76. The lowest BCUT2D eigenvalue weighted by Crippen LogP contribution is -2.30. The fourth-order valence-electron chi connectivity index (χ4n) is 3.25. The van der Waals surface area contributed by atoms with Crippen LogP contribution in [0.25, 0.3) is 0 Å². The van der Waals surface area contributed by atoms with Gasteiger partial charge in [0, 0.05) is 37.6 Å². The minimum absolute atomic E-state index is 0.0858. The van der Waals surface area contributed by atoms with E-state index in [9.17, 15) is 4.79 Å². The fourth-order valence-corrected chi connectivity index (χ4v) is 3.25.